The Balaban J connectivity index is 2.25. The van der Waals surface area contributed by atoms with Gasteiger partial charge in [-0.25, -0.2) is 0 Å². The second kappa shape index (κ2) is 5.22. The quantitative estimate of drug-likeness (QED) is 0.520. The number of amidine groups is 2. The summed E-state index contributed by atoms with van der Waals surface area (Å²) in [5, 5.41) is 21.9. The molecule has 5 N–H and O–H groups in total. The van der Waals surface area contributed by atoms with Gasteiger partial charge in [0.05, 0.1) is 17.7 Å². The summed E-state index contributed by atoms with van der Waals surface area (Å²) in [4.78, 5) is 10.3. The molecular weight excluding hydrogens is 266 g/mol. The minimum Gasteiger partial charge on any atom is -0.490 e. The predicted molar refractivity (Wildman–Crippen MR) is 74.0 cm³/mol. The second-order valence-electron chi connectivity index (χ2n) is 3.69. The van der Waals surface area contributed by atoms with Gasteiger partial charge in [-0.1, -0.05) is 0 Å². The molecule has 0 bridgehead atoms. The Kier molecular flexibility index (Phi) is 3.46. The molecule has 0 amide bonds. The van der Waals surface area contributed by atoms with E-state index in [0.717, 1.165) is 0 Å². The van der Waals surface area contributed by atoms with Crippen LogP contribution >= 0.6 is 0 Å². The first-order chi connectivity index (χ1) is 9.52. The van der Waals surface area contributed by atoms with Crippen LogP contribution in [0.3, 0.4) is 0 Å². The molecule has 0 aromatic heterocycles. The molecule has 0 aliphatic carbocycles. The number of rotatable bonds is 4. The molecule has 10 heteroatoms. The molecule has 1 heterocycles. The Bertz CT molecular complexity index is 630. The molecule has 10 nitrogen and oxygen atoms in total. The number of nitrogens with zero attached hydrogens (tertiary/aromatic N) is 4. The highest BCUT2D eigenvalue weighted by molar-refractivity contribution is 6.68. The molecular formula is C10H11N7O3. The van der Waals surface area contributed by atoms with Crippen molar-refractivity contribution in [2.75, 3.05) is 12.5 Å². The Morgan fingerprint density at radius 3 is 2.55 bits per heavy atom. The molecule has 0 saturated heterocycles. The molecule has 1 aromatic rings. The van der Waals surface area contributed by atoms with Crippen LogP contribution in [0.1, 0.15) is 0 Å². The Morgan fingerprint density at radius 1 is 1.35 bits per heavy atom. The van der Waals surface area contributed by atoms with Crippen LogP contribution in [0.15, 0.2) is 33.5 Å². The highest BCUT2D eigenvalue weighted by atomic mass is 16.6. The maximum atomic E-state index is 10.9. The summed E-state index contributed by atoms with van der Waals surface area (Å²) in [6.07, 6.45) is 0. The van der Waals surface area contributed by atoms with Crippen molar-refractivity contribution in [2.24, 2.45) is 26.8 Å². The van der Waals surface area contributed by atoms with Crippen LogP contribution < -0.4 is 21.6 Å². The molecule has 1 aliphatic rings. The number of ether oxygens (including phenoxy) is 1. The van der Waals surface area contributed by atoms with E-state index in [9.17, 15) is 10.1 Å². The van der Waals surface area contributed by atoms with Crippen LogP contribution in [0, 0.1) is 10.1 Å². The summed E-state index contributed by atoms with van der Waals surface area (Å²) in [6.45, 7) is 0. The van der Waals surface area contributed by atoms with Gasteiger partial charge in [0.1, 0.15) is 0 Å². The monoisotopic (exact) mass is 277 g/mol. The number of hydrogen-bond donors (Lipinski definition) is 3. The normalized spacial score (nSPS) is 13.6. The number of nitrogens with one attached hydrogen (secondary N) is 1. The number of nitro groups is 1. The van der Waals surface area contributed by atoms with Crippen LogP contribution in [0.4, 0.5) is 11.4 Å². The van der Waals surface area contributed by atoms with E-state index in [2.05, 4.69) is 20.7 Å². The van der Waals surface area contributed by atoms with Crippen molar-refractivity contribution in [3.8, 4) is 5.75 Å². The zero-order chi connectivity index (χ0) is 14.7. The van der Waals surface area contributed by atoms with Crippen molar-refractivity contribution in [3.05, 3.63) is 28.3 Å². The van der Waals surface area contributed by atoms with E-state index in [4.69, 9.17) is 16.2 Å². The van der Waals surface area contributed by atoms with Gasteiger partial charge in [-0.15, -0.1) is 10.2 Å². The van der Waals surface area contributed by atoms with Gasteiger partial charge in [0.25, 0.3) is 0 Å². The summed E-state index contributed by atoms with van der Waals surface area (Å²) >= 11 is 0. The smallest absolute Gasteiger partial charge is 0.313 e. The van der Waals surface area contributed by atoms with Gasteiger partial charge in [0.15, 0.2) is 23.1 Å². The van der Waals surface area contributed by atoms with Gasteiger partial charge in [0, 0.05) is 6.07 Å². The number of hydrogen-bond acceptors (Lipinski definition) is 9. The van der Waals surface area contributed by atoms with Crippen molar-refractivity contribution < 1.29 is 9.66 Å². The van der Waals surface area contributed by atoms with Gasteiger partial charge in [-0.3, -0.25) is 15.5 Å². The molecule has 1 aliphatic heterocycles. The summed E-state index contributed by atoms with van der Waals surface area (Å²) in [7, 11) is 1.35. The fraction of sp³-hybridized carbons (Fsp3) is 0.100. The van der Waals surface area contributed by atoms with Crippen molar-refractivity contribution in [3.63, 3.8) is 0 Å². The van der Waals surface area contributed by atoms with E-state index < -0.39 is 4.92 Å². The molecule has 0 spiro atoms. The van der Waals surface area contributed by atoms with E-state index in [1.807, 2.05) is 0 Å². The first kappa shape index (κ1) is 13.3. The number of nitro benzene ring substituents is 1. The van der Waals surface area contributed by atoms with Crippen LogP contribution in [0.2, 0.25) is 0 Å². The lowest BCUT2D eigenvalue weighted by atomic mass is 10.2. The standard InChI is InChI=1S/C10H11N7O3/c1-20-7-3-2-5(4-6(7)17(18)19)13-14-8-9(11)15-16-10(8)12/h2-4,13H,1H3,(H4,11,12,14,15,16). The fourth-order valence-corrected chi connectivity index (χ4v) is 1.47. The highest BCUT2D eigenvalue weighted by Crippen LogP contribution is 2.29. The van der Waals surface area contributed by atoms with Crippen molar-refractivity contribution in [1.82, 2.24) is 0 Å². The fourth-order valence-electron chi connectivity index (χ4n) is 1.47. The number of benzene rings is 1. The summed E-state index contributed by atoms with van der Waals surface area (Å²) in [6, 6.07) is 4.29. The molecule has 0 atom stereocenters. The zero-order valence-corrected chi connectivity index (χ0v) is 10.4. The highest BCUT2D eigenvalue weighted by Gasteiger charge is 2.18. The first-order valence-corrected chi connectivity index (χ1v) is 5.36. The SMILES string of the molecule is COc1ccc(NN=C2C(N)=NN=C2N)cc1[N+](=O)[O-]. The lowest BCUT2D eigenvalue weighted by molar-refractivity contribution is -0.385. The van der Waals surface area contributed by atoms with Gasteiger partial charge in [-0.2, -0.15) is 5.10 Å². The number of nitrogens with two attached hydrogens (primary N) is 2. The summed E-state index contributed by atoms with van der Waals surface area (Å²) in [5.41, 5.74) is 14.0. The molecule has 0 radical (unpaired) electrons. The van der Waals surface area contributed by atoms with Gasteiger partial charge >= 0.3 is 5.69 Å². The van der Waals surface area contributed by atoms with Crippen LogP contribution in [0.5, 0.6) is 5.75 Å². The van der Waals surface area contributed by atoms with Gasteiger partial charge < -0.3 is 16.2 Å². The average Bonchev–Trinajstić information content (AvgIpc) is 2.75. The van der Waals surface area contributed by atoms with Crippen LogP contribution in [0.25, 0.3) is 0 Å². The van der Waals surface area contributed by atoms with E-state index in [-0.39, 0.29) is 28.8 Å². The molecule has 0 saturated carbocycles. The third-order valence-corrected chi connectivity index (χ3v) is 2.42. The largest absolute Gasteiger partial charge is 0.490 e. The van der Waals surface area contributed by atoms with Crippen molar-refractivity contribution in [2.45, 2.75) is 0 Å². The zero-order valence-electron chi connectivity index (χ0n) is 10.4. The van der Waals surface area contributed by atoms with E-state index in [0.29, 0.717) is 5.69 Å². The molecule has 0 unspecified atom stereocenters. The molecule has 104 valence electrons. The van der Waals surface area contributed by atoms with Crippen molar-refractivity contribution >= 4 is 28.8 Å². The number of methoxy groups -OCH3 is 1. The van der Waals surface area contributed by atoms with Gasteiger partial charge in [-0.05, 0) is 12.1 Å². The minimum absolute atomic E-state index is 0.0676. The maximum Gasteiger partial charge on any atom is 0.313 e. The van der Waals surface area contributed by atoms with Gasteiger partial charge in [0.2, 0.25) is 0 Å². The third kappa shape index (κ3) is 2.48. The number of hydrazone groups is 1. The third-order valence-electron chi connectivity index (χ3n) is 2.42. The van der Waals surface area contributed by atoms with E-state index in [1.165, 1.54) is 19.2 Å². The van der Waals surface area contributed by atoms with E-state index in [1.54, 1.807) is 6.07 Å². The van der Waals surface area contributed by atoms with Crippen LogP contribution in [-0.4, -0.2) is 29.4 Å². The van der Waals surface area contributed by atoms with E-state index >= 15 is 0 Å². The molecule has 1 aromatic carbocycles. The number of anilines is 1. The molecule has 2 rings (SSSR count). The molecule has 20 heavy (non-hydrogen) atoms. The summed E-state index contributed by atoms with van der Waals surface area (Å²) in [5.74, 6) is 0.284. The lowest BCUT2D eigenvalue weighted by Gasteiger charge is -2.05. The topological polar surface area (TPSA) is 154 Å². The Labute approximate surface area is 113 Å². The first-order valence-electron chi connectivity index (χ1n) is 5.36. The van der Waals surface area contributed by atoms with Crippen LogP contribution in [-0.2, 0) is 0 Å². The summed E-state index contributed by atoms with van der Waals surface area (Å²) < 4.78 is 4.89. The predicted octanol–water partition coefficient (Wildman–Crippen LogP) is 0.0143. The molecule has 0 fully saturated rings. The minimum atomic E-state index is -0.557. The lowest BCUT2D eigenvalue weighted by Crippen LogP contribution is -2.32. The average molecular weight is 277 g/mol. The Hall–Kier alpha value is -3.17. The van der Waals surface area contributed by atoms with Crippen molar-refractivity contribution in [1.29, 1.82) is 0 Å². The second-order valence-corrected chi connectivity index (χ2v) is 3.69. The Morgan fingerprint density at radius 2 is 2.00 bits per heavy atom. The maximum absolute atomic E-state index is 10.9.